The van der Waals surface area contributed by atoms with Crippen molar-refractivity contribution in [1.82, 2.24) is 15.6 Å². The third-order valence-electron chi connectivity index (χ3n) is 5.56. The van der Waals surface area contributed by atoms with Crippen LogP contribution >= 0.6 is 15.9 Å². The summed E-state index contributed by atoms with van der Waals surface area (Å²) in [6.45, 7) is 0.193. The Labute approximate surface area is 204 Å². The highest BCUT2D eigenvalue weighted by Crippen LogP contribution is 2.44. The predicted octanol–water partition coefficient (Wildman–Crippen LogP) is 3.84. The van der Waals surface area contributed by atoms with Crippen LogP contribution in [0.25, 0.3) is 11.1 Å². The van der Waals surface area contributed by atoms with Crippen LogP contribution in [0.5, 0.6) is 0 Å². The lowest BCUT2D eigenvalue weighted by Crippen LogP contribution is -2.48. The quantitative estimate of drug-likeness (QED) is 0.412. The molecule has 0 radical (unpaired) electrons. The largest absolute Gasteiger partial charge is 0.481 e. The van der Waals surface area contributed by atoms with Gasteiger partial charge in [-0.1, -0.05) is 48.5 Å². The Hall–Kier alpha value is -3.72. The highest BCUT2D eigenvalue weighted by atomic mass is 79.9. The molecule has 3 N–H and O–H groups in total. The topological polar surface area (TPSA) is 118 Å². The first-order valence-corrected chi connectivity index (χ1v) is 11.4. The Kier molecular flexibility index (Phi) is 7.22. The summed E-state index contributed by atoms with van der Waals surface area (Å²) in [4.78, 5) is 40.4. The number of nitrogens with one attached hydrogen (secondary N) is 2. The highest BCUT2D eigenvalue weighted by molar-refractivity contribution is 9.10. The molecule has 174 valence electrons. The van der Waals surface area contributed by atoms with Crippen molar-refractivity contribution in [2.24, 2.45) is 0 Å². The lowest BCUT2D eigenvalue weighted by molar-refractivity contribution is -0.139. The van der Waals surface area contributed by atoms with Crippen LogP contribution in [-0.4, -0.2) is 40.7 Å². The lowest BCUT2D eigenvalue weighted by atomic mass is 9.98. The zero-order chi connectivity index (χ0) is 24.1. The first kappa shape index (κ1) is 23.4. The molecule has 0 bridgehead atoms. The van der Waals surface area contributed by atoms with Gasteiger partial charge in [-0.05, 0) is 49.8 Å². The van der Waals surface area contributed by atoms with Crippen molar-refractivity contribution in [3.8, 4) is 11.1 Å². The summed E-state index contributed by atoms with van der Waals surface area (Å²) < 4.78 is 6.19. The number of hydrogen-bond acceptors (Lipinski definition) is 5. The molecule has 1 aliphatic carbocycles. The summed E-state index contributed by atoms with van der Waals surface area (Å²) >= 11 is 3.30. The molecule has 1 unspecified atom stereocenters. The van der Waals surface area contributed by atoms with Crippen LogP contribution in [0.1, 0.15) is 29.0 Å². The number of fused-ring (bicyclic) bond motifs is 3. The number of benzene rings is 2. The van der Waals surface area contributed by atoms with Crippen molar-refractivity contribution >= 4 is 33.9 Å². The molecule has 1 aliphatic rings. The Balaban J connectivity index is 1.38. The predicted molar refractivity (Wildman–Crippen MR) is 128 cm³/mol. The summed E-state index contributed by atoms with van der Waals surface area (Å²) in [7, 11) is 0. The van der Waals surface area contributed by atoms with Gasteiger partial charge in [-0.3, -0.25) is 14.6 Å². The van der Waals surface area contributed by atoms with E-state index in [0.29, 0.717) is 0 Å². The van der Waals surface area contributed by atoms with Crippen molar-refractivity contribution in [1.29, 1.82) is 0 Å². The fourth-order valence-corrected chi connectivity index (χ4v) is 4.44. The van der Waals surface area contributed by atoms with Gasteiger partial charge >= 0.3 is 12.1 Å². The van der Waals surface area contributed by atoms with Crippen LogP contribution in [0.2, 0.25) is 0 Å². The second-order valence-electron chi connectivity index (χ2n) is 7.85. The van der Waals surface area contributed by atoms with Gasteiger partial charge in [-0.25, -0.2) is 4.79 Å². The normalized spacial score (nSPS) is 12.9. The lowest BCUT2D eigenvalue weighted by Gasteiger charge is -2.18. The number of hydrogen-bond donors (Lipinski definition) is 3. The number of nitrogens with zero attached hydrogens (tertiary/aromatic N) is 1. The summed E-state index contributed by atoms with van der Waals surface area (Å²) in [5.74, 6) is -1.99. The zero-order valence-electron chi connectivity index (χ0n) is 18.0. The van der Waals surface area contributed by atoms with Gasteiger partial charge in [0.1, 0.15) is 12.6 Å². The van der Waals surface area contributed by atoms with E-state index in [-0.39, 0.29) is 19.1 Å². The molecule has 4 rings (SSSR count). The monoisotopic (exact) mass is 523 g/mol. The van der Waals surface area contributed by atoms with Crippen LogP contribution in [0.3, 0.4) is 0 Å². The number of aliphatic carboxylic acids is 1. The van der Waals surface area contributed by atoms with E-state index in [9.17, 15) is 19.5 Å². The molecule has 1 aromatic heterocycles. The fourth-order valence-electron chi connectivity index (χ4n) is 4.03. The van der Waals surface area contributed by atoms with Crippen LogP contribution in [0.15, 0.2) is 71.5 Å². The molecule has 2 aromatic carbocycles. The molecular weight excluding hydrogens is 502 g/mol. The van der Waals surface area contributed by atoms with Gasteiger partial charge in [-0.2, -0.15) is 0 Å². The van der Waals surface area contributed by atoms with Crippen molar-refractivity contribution in [2.45, 2.75) is 24.9 Å². The molecule has 2 amide bonds. The Morgan fingerprint density at radius 2 is 1.68 bits per heavy atom. The minimum Gasteiger partial charge on any atom is -0.481 e. The minimum absolute atomic E-state index is 0.0605. The first-order valence-electron chi connectivity index (χ1n) is 10.6. The molecule has 0 spiro atoms. The van der Waals surface area contributed by atoms with E-state index in [0.717, 1.165) is 32.3 Å². The van der Waals surface area contributed by atoms with Gasteiger partial charge in [0.2, 0.25) is 5.91 Å². The van der Waals surface area contributed by atoms with Crippen LogP contribution in [0, 0.1) is 0 Å². The third kappa shape index (κ3) is 5.43. The van der Waals surface area contributed by atoms with Crippen molar-refractivity contribution in [2.75, 3.05) is 6.61 Å². The molecular formula is C25H22BrN3O5. The number of amides is 2. The summed E-state index contributed by atoms with van der Waals surface area (Å²) in [6.07, 6.45) is 1.76. The van der Waals surface area contributed by atoms with E-state index in [1.165, 1.54) is 0 Å². The Morgan fingerprint density at radius 3 is 2.29 bits per heavy atom. The second kappa shape index (κ2) is 10.5. The maximum atomic E-state index is 12.6. The van der Waals surface area contributed by atoms with Gasteiger partial charge in [0.15, 0.2) is 0 Å². The van der Waals surface area contributed by atoms with Crippen LogP contribution < -0.4 is 10.6 Å². The number of carbonyl (C=O) groups excluding carboxylic acids is 2. The average Bonchev–Trinajstić information content (AvgIpc) is 3.14. The molecule has 1 heterocycles. The number of carboxylic acids is 1. The number of pyridine rings is 1. The molecule has 3 aromatic rings. The van der Waals surface area contributed by atoms with Crippen molar-refractivity contribution in [3.05, 3.63) is 88.2 Å². The number of ether oxygens (including phenoxy) is 1. The maximum absolute atomic E-state index is 12.6. The van der Waals surface area contributed by atoms with E-state index >= 15 is 0 Å². The van der Waals surface area contributed by atoms with Gasteiger partial charge < -0.3 is 20.5 Å². The molecule has 0 fully saturated rings. The number of aromatic nitrogens is 1. The van der Waals surface area contributed by atoms with Gasteiger partial charge in [0.25, 0.3) is 0 Å². The number of rotatable bonds is 8. The zero-order valence-corrected chi connectivity index (χ0v) is 19.6. The average molecular weight is 524 g/mol. The van der Waals surface area contributed by atoms with Crippen LogP contribution in [0.4, 0.5) is 4.79 Å². The Bertz CT molecular complexity index is 1190. The molecule has 1 atom stereocenters. The van der Waals surface area contributed by atoms with Gasteiger partial charge in [-0.15, -0.1) is 0 Å². The third-order valence-corrected chi connectivity index (χ3v) is 5.99. The Morgan fingerprint density at radius 1 is 1.03 bits per heavy atom. The molecule has 0 aliphatic heterocycles. The van der Waals surface area contributed by atoms with Crippen molar-refractivity contribution < 1.29 is 24.2 Å². The van der Waals surface area contributed by atoms with E-state index in [1.807, 2.05) is 48.5 Å². The SMILES string of the molecule is O=C(O)CC(NC(=O)OCC1c2ccccc2-c2ccccc21)C(=O)NCc1cncc(Br)c1. The summed E-state index contributed by atoms with van der Waals surface area (Å²) in [5.41, 5.74) is 5.02. The molecule has 9 heteroatoms. The number of carbonyl (C=O) groups is 3. The standard InChI is InChI=1S/C25H22BrN3O5/c26-16-9-15(11-27-13-16)12-28-24(32)22(10-23(30)31)29-25(33)34-14-21-19-7-3-1-5-17(19)18-6-2-4-8-20(18)21/h1-9,11,13,21-22H,10,12,14H2,(H,28,32)(H,29,33)(H,30,31). The fraction of sp³-hybridized carbons (Fsp3) is 0.200. The smallest absolute Gasteiger partial charge is 0.407 e. The number of carboxylic acid groups (broad SMARTS) is 1. The van der Waals surface area contributed by atoms with Crippen molar-refractivity contribution in [3.63, 3.8) is 0 Å². The van der Waals surface area contributed by atoms with E-state index in [2.05, 4.69) is 31.5 Å². The first-order chi connectivity index (χ1) is 16.4. The van der Waals surface area contributed by atoms with E-state index in [4.69, 9.17) is 4.74 Å². The molecule has 0 saturated heterocycles. The van der Waals surface area contributed by atoms with Gasteiger partial charge in [0, 0.05) is 29.3 Å². The van der Waals surface area contributed by atoms with E-state index in [1.54, 1.807) is 18.5 Å². The summed E-state index contributed by atoms with van der Waals surface area (Å²) in [6, 6.07) is 16.3. The molecule has 8 nitrogen and oxygen atoms in total. The number of halogens is 1. The molecule has 34 heavy (non-hydrogen) atoms. The van der Waals surface area contributed by atoms with Gasteiger partial charge in [0.05, 0.1) is 6.42 Å². The molecule has 0 saturated carbocycles. The van der Waals surface area contributed by atoms with E-state index < -0.39 is 30.4 Å². The maximum Gasteiger partial charge on any atom is 0.407 e. The summed E-state index contributed by atoms with van der Waals surface area (Å²) in [5, 5.41) is 14.2. The van der Waals surface area contributed by atoms with Crippen LogP contribution in [-0.2, 0) is 20.9 Å². The second-order valence-corrected chi connectivity index (χ2v) is 8.77. The highest BCUT2D eigenvalue weighted by Gasteiger charge is 2.30. The number of alkyl carbamates (subject to hydrolysis) is 1. The minimum atomic E-state index is -1.28.